The highest BCUT2D eigenvalue weighted by atomic mass is 32.2. The van der Waals surface area contributed by atoms with Crippen LogP contribution in [0.25, 0.3) is 10.8 Å². The van der Waals surface area contributed by atoms with Crippen molar-refractivity contribution in [2.75, 3.05) is 23.3 Å². The van der Waals surface area contributed by atoms with E-state index in [9.17, 15) is 18.3 Å². The quantitative estimate of drug-likeness (QED) is 0.687. The largest absolute Gasteiger partial charge is 0.480 e. The van der Waals surface area contributed by atoms with Crippen molar-refractivity contribution in [3.05, 3.63) is 66.7 Å². The third kappa shape index (κ3) is 3.41. The summed E-state index contributed by atoms with van der Waals surface area (Å²) in [5, 5.41) is 10.9. The fraction of sp³-hybridized carbons (Fsp3) is 0.190. The molecule has 0 amide bonds. The molecule has 28 heavy (non-hydrogen) atoms. The maximum absolute atomic E-state index is 13.6. The Balaban J connectivity index is 2.28. The lowest BCUT2D eigenvalue weighted by Crippen LogP contribution is -2.43. The maximum Gasteiger partial charge on any atom is 0.327 e. The lowest BCUT2D eigenvalue weighted by molar-refractivity contribution is -0.137. The first-order valence-corrected chi connectivity index (χ1v) is 10.2. The van der Waals surface area contributed by atoms with E-state index in [2.05, 4.69) is 0 Å². The molecule has 0 bridgehead atoms. The zero-order valence-corrected chi connectivity index (χ0v) is 16.7. The van der Waals surface area contributed by atoms with Crippen molar-refractivity contribution in [3.63, 3.8) is 0 Å². The van der Waals surface area contributed by atoms with E-state index < -0.39 is 22.0 Å². The van der Waals surface area contributed by atoms with Gasteiger partial charge in [-0.05, 0) is 31.2 Å². The molecular formula is C21H22N2O4S. The molecule has 3 rings (SSSR count). The van der Waals surface area contributed by atoms with Crippen molar-refractivity contribution in [2.45, 2.75) is 17.9 Å². The molecule has 1 atom stereocenters. The van der Waals surface area contributed by atoms with Gasteiger partial charge in [0.2, 0.25) is 0 Å². The number of hydrogen-bond acceptors (Lipinski definition) is 4. The number of aliphatic carboxylic acids is 1. The Morgan fingerprint density at radius 2 is 1.50 bits per heavy atom. The Labute approximate surface area is 164 Å². The van der Waals surface area contributed by atoms with E-state index in [1.165, 1.54) is 13.0 Å². The molecule has 3 aromatic rings. The molecule has 0 aromatic heterocycles. The van der Waals surface area contributed by atoms with Gasteiger partial charge in [-0.15, -0.1) is 0 Å². The first kappa shape index (κ1) is 19.7. The van der Waals surface area contributed by atoms with Crippen LogP contribution in [0.3, 0.4) is 0 Å². The van der Waals surface area contributed by atoms with Crippen molar-refractivity contribution in [1.29, 1.82) is 0 Å². The van der Waals surface area contributed by atoms with Gasteiger partial charge >= 0.3 is 5.97 Å². The molecule has 7 heteroatoms. The minimum atomic E-state index is -4.13. The van der Waals surface area contributed by atoms with Crippen LogP contribution in [-0.2, 0) is 14.8 Å². The van der Waals surface area contributed by atoms with Crippen molar-refractivity contribution in [1.82, 2.24) is 0 Å². The number of anilines is 2. The molecule has 0 spiro atoms. The van der Waals surface area contributed by atoms with Gasteiger partial charge < -0.3 is 10.0 Å². The Morgan fingerprint density at radius 1 is 0.893 bits per heavy atom. The average Bonchev–Trinajstić information content (AvgIpc) is 2.67. The standard InChI is InChI=1S/C21H22N2O4S/c1-15(21(24)25)23(16-9-5-4-6-10-16)28(26,27)20-14-8-11-17-18(20)12-7-13-19(17)22(2)3/h4-15H,1-3H3,(H,24,25)/t15-/m0/s1. The van der Waals surface area contributed by atoms with Gasteiger partial charge in [0.05, 0.1) is 10.6 Å². The Morgan fingerprint density at radius 3 is 2.11 bits per heavy atom. The van der Waals surface area contributed by atoms with E-state index in [4.69, 9.17) is 0 Å². The molecule has 0 radical (unpaired) electrons. The lowest BCUT2D eigenvalue weighted by Gasteiger charge is -2.28. The second kappa shape index (κ2) is 7.52. The summed E-state index contributed by atoms with van der Waals surface area (Å²) in [6.07, 6.45) is 0. The summed E-state index contributed by atoms with van der Waals surface area (Å²) in [6.45, 7) is 1.36. The molecule has 0 aliphatic rings. The molecule has 0 saturated carbocycles. The minimum Gasteiger partial charge on any atom is -0.480 e. The van der Waals surface area contributed by atoms with Crippen LogP contribution in [0.4, 0.5) is 11.4 Å². The van der Waals surface area contributed by atoms with E-state index in [0.29, 0.717) is 11.1 Å². The summed E-state index contributed by atoms with van der Waals surface area (Å²) >= 11 is 0. The highest BCUT2D eigenvalue weighted by molar-refractivity contribution is 7.93. The van der Waals surface area contributed by atoms with E-state index in [1.54, 1.807) is 48.5 Å². The van der Waals surface area contributed by atoms with Gasteiger partial charge in [0.15, 0.2) is 0 Å². The predicted molar refractivity (Wildman–Crippen MR) is 111 cm³/mol. The van der Waals surface area contributed by atoms with Crippen LogP contribution in [0.15, 0.2) is 71.6 Å². The van der Waals surface area contributed by atoms with Crippen LogP contribution in [0.2, 0.25) is 0 Å². The summed E-state index contributed by atoms with van der Waals surface area (Å²) in [6, 6.07) is 17.5. The number of sulfonamides is 1. The Hall–Kier alpha value is -3.06. The monoisotopic (exact) mass is 398 g/mol. The zero-order chi connectivity index (χ0) is 20.5. The van der Waals surface area contributed by atoms with E-state index in [-0.39, 0.29) is 4.90 Å². The van der Waals surface area contributed by atoms with E-state index in [0.717, 1.165) is 15.4 Å². The topological polar surface area (TPSA) is 77.9 Å². The van der Waals surface area contributed by atoms with Crippen molar-refractivity contribution < 1.29 is 18.3 Å². The second-order valence-corrected chi connectivity index (χ2v) is 8.46. The van der Waals surface area contributed by atoms with Crippen LogP contribution in [0.5, 0.6) is 0 Å². The van der Waals surface area contributed by atoms with Gasteiger partial charge in [-0.1, -0.05) is 42.5 Å². The van der Waals surface area contributed by atoms with Gasteiger partial charge in [-0.3, -0.25) is 4.31 Å². The highest BCUT2D eigenvalue weighted by Gasteiger charge is 2.34. The fourth-order valence-electron chi connectivity index (χ4n) is 3.23. The second-order valence-electron chi connectivity index (χ2n) is 6.67. The van der Waals surface area contributed by atoms with Crippen LogP contribution in [0, 0.1) is 0 Å². The van der Waals surface area contributed by atoms with Crippen molar-refractivity contribution in [2.24, 2.45) is 0 Å². The molecule has 0 fully saturated rings. The number of rotatable bonds is 6. The van der Waals surface area contributed by atoms with Crippen molar-refractivity contribution in [3.8, 4) is 0 Å². The first-order valence-electron chi connectivity index (χ1n) is 8.76. The number of nitrogens with zero attached hydrogens (tertiary/aromatic N) is 2. The third-order valence-electron chi connectivity index (χ3n) is 4.60. The highest BCUT2D eigenvalue weighted by Crippen LogP contribution is 2.34. The average molecular weight is 398 g/mol. The number of para-hydroxylation sites is 1. The Kier molecular flexibility index (Phi) is 5.29. The van der Waals surface area contributed by atoms with Gasteiger partial charge in [-0.2, -0.15) is 0 Å². The van der Waals surface area contributed by atoms with Crippen LogP contribution >= 0.6 is 0 Å². The van der Waals surface area contributed by atoms with Crippen LogP contribution in [0.1, 0.15) is 6.92 Å². The van der Waals surface area contributed by atoms with Gasteiger partial charge in [0.25, 0.3) is 10.0 Å². The number of carboxylic acids is 1. The fourth-order valence-corrected chi connectivity index (χ4v) is 5.06. The molecule has 0 unspecified atom stereocenters. The molecule has 0 aliphatic carbocycles. The summed E-state index contributed by atoms with van der Waals surface area (Å²) in [5.74, 6) is -1.22. The molecule has 0 aliphatic heterocycles. The molecule has 146 valence electrons. The molecule has 0 heterocycles. The van der Waals surface area contributed by atoms with Crippen molar-refractivity contribution >= 4 is 38.1 Å². The van der Waals surface area contributed by atoms with Gasteiger partial charge in [-0.25, -0.2) is 13.2 Å². The Bertz CT molecular complexity index is 1110. The molecular weight excluding hydrogens is 376 g/mol. The predicted octanol–water partition coefficient (Wildman–Crippen LogP) is 3.57. The first-order chi connectivity index (χ1) is 13.2. The number of benzene rings is 3. The SMILES string of the molecule is C[C@@H](C(=O)O)N(c1ccccc1)S(=O)(=O)c1cccc2c(N(C)C)cccc12. The minimum absolute atomic E-state index is 0.0747. The normalized spacial score (nSPS) is 12.5. The number of carboxylic acid groups (broad SMARTS) is 1. The number of fused-ring (bicyclic) bond motifs is 1. The van der Waals surface area contributed by atoms with E-state index >= 15 is 0 Å². The molecule has 1 N–H and O–H groups in total. The molecule has 0 saturated heterocycles. The molecule has 3 aromatic carbocycles. The lowest BCUT2D eigenvalue weighted by atomic mass is 10.1. The van der Waals surface area contributed by atoms with Crippen LogP contribution in [-0.4, -0.2) is 39.6 Å². The summed E-state index contributed by atoms with van der Waals surface area (Å²) in [7, 11) is -0.358. The summed E-state index contributed by atoms with van der Waals surface area (Å²) in [5.41, 5.74) is 1.19. The van der Waals surface area contributed by atoms with Crippen LogP contribution < -0.4 is 9.21 Å². The molecule has 6 nitrogen and oxygen atoms in total. The van der Waals surface area contributed by atoms with E-state index in [1.807, 2.05) is 31.1 Å². The zero-order valence-electron chi connectivity index (χ0n) is 15.9. The maximum atomic E-state index is 13.6. The number of hydrogen-bond donors (Lipinski definition) is 1. The smallest absolute Gasteiger partial charge is 0.327 e. The summed E-state index contributed by atoms with van der Waals surface area (Å²) in [4.78, 5) is 13.7. The van der Waals surface area contributed by atoms with Gasteiger partial charge in [0, 0.05) is 30.6 Å². The number of carbonyl (C=O) groups is 1. The summed E-state index contributed by atoms with van der Waals surface area (Å²) < 4.78 is 28.2. The third-order valence-corrected chi connectivity index (χ3v) is 6.55. The van der Waals surface area contributed by atoms with Gasteiger partial charge in [0.1, 0.15) is 6.04 Å².